The third-order valence-electron chi connectivity index (χ3n) is 2.33. The molecule has 1 aromatic carbocycles. The third-order valence-corrected chi connectivity index (χ3v) is 2.80. The van der Waals surface area contributed by atoms with E-state index in [1.54, 1.807) is 7.11 Å². The minimum Gasteiger partial charge on any atom is -0.497 e. The molecule has 0 aliphatic rings. The number of carboxylic acid groups (broad SMARTS) is 1. The van der Waals surface area contributed by atoms with Crippen LogP contribution in [0.1, 0.15) is 30.2 Å². The zero-order chi connectivity index (χ0) is 12.0. The van der Waals surface area contributed by atoms with Gasteiger partial charge in [0.2, 0.25) is 0 Å². The molecule has 0 bridgehead atoms. The molecule has 0 fully saturated rings. The lowest BCUT2D eigenvalue weighted by atomic mass is 10.1. The van der Waals surface area contributed by atoms with Crippen LogP contribution in [0.4, 0.5) is 0 Å². The zero-order valence-electron chi connectivity index (χ0n) is 9.15. The lowest BCUT2D eigenvalue weighted by molar-refractivity contribution is -0.137. The van der Waals surface area contributed by atoms with E-state index in [-0.39, 0.29) is 11.8 Å². The molecule has 0 heterocycles. The van der Waals surface area contributed by atoms with Crippen LogP contribution >= 0.6 is 11.6 Å². The Kier molecular flexibility index (Phi) is 5.12. The fraction of sp³-hybridized carbons (Fsp3) is 0.417. The third kappa shape index (κ3) is 4.11. The summed E-state index contributed by atoms with van der Waals surface area (Å²) in [6.45, 7) is 0. The molecule has 16 heavy (non-hydrogen) atoms. The standard InChI is InChI=1S/C12H15ClO3/c1-16-10-7-5-9(6-8-10)11(13)3-2-4-12(14)15/h5-8,11H,2-4H2,1H3,(H,14,15). The summed E-state index contributed by atoms with van der Waals surface area (Å²) in [4.78, 5) is 10.3. The number of halogens is 1. The minimum atomic E-state index is -0.779. The summed E-state index contributed by atoms with van der Waals surface area (Å²) in [5, 5.41) is 8.37. The van der Waals surface area contributed by atoms with Crippen LogP contribution in [0.5, 0.6) is 5.75 Å². The van der Waals surface area contributed by atoms with Gasteiger partial charge in [0.15, 0.2) is 0 Å². The van der Waals surface area contributed by atoms with E-state index in [9.17, 15) is 4.79 Å². The van der Waals surface area contributed by atoms with Gasteiger partial charge < -0.3 is 9.84 Å². The van der Waals surface area contributed by atoms with Gasteiger partial charge in [0, 0.05) is 6.42 Å². The van der Waals surface area contributed by atoms with E-state index in [0.29, 0.717) is 12.8 Å². The van der Waals surface area contributed by atoms with Gasteiger partial charge >= 0.3 is 5.97 Å². The van der Waals surface area contributed by atoms with Gasteiger partial charge in [-0.1, -0.05) is 12.1 Å². The van der Waals surface area contributed by atoms with Crippen LogP contribution in [0, 0.1) is 0 Å². The van der Waals surface area contributed by atoms with Crippen LogP contribution in [-0.4, -0.2) is 18.2 Å². The maximum absolute atomic E-state index is 10.3. The Morgan fingerprint density at radius 2 is 2.06 bits per heavy atom. The fourth-order valence-electron chi connectivity index (χ4n) is 1.41. The van der Waals surface area contributed by atoms with Crippen molar-refractivity contribution in [2.24, 2.45) is 0 Å². The molecule has 3 nitrogen and oxygen atoms in total. The molecule has 0 saturated carbocycles. The van der Waals surface area contributed by atoms with E-state index >= 15 is 0 Å². The van der Waals surface area contributed by atoms with Gasteiger partial charge in [-0.15, -0.1) is 11.6 Å². The second-order valence-electron chi connectivity index (χ2n) is 3.53. The van der Waals surface area contributed by atoms with Gasteiger partial charge in [-0.25, -0.2) is 0 Å². The molecule has 0 aromatic heterocycles. The average Bonchev–Trinajstić information content (AvgIpc) is 2.28. The summed E-state index contributed by atoms with van der Waals surface area (Å²) in [6.07, 6.45) is 1.43. The second kappa shape index (κ2) is 6.38. The van der Waals surface area contributed by atoms with Crippen molar-refractivity contribution in [1.29, 1.82) is 0 Å². The van der Waals surface area contributed by atoms with Crippen molar-refractivity contribution < 1.29 is 14.6 Å². The summed E-state index contributed by atoms with van der Waals surface area (Å²) in [7, 11) is 1.61. The van der Waals surface area contributed by atoms with E-state index in [0.717, 1.165) is 11.3 Å². The molecule has 1 aromatic rings. The van der Waals surface area contributed by atoms with Gasteiger partial charge in [-0.3, -0.25) is 4.79 Å². The van der Waals surface area contributed by atoms with Crippen LogP contribution in [0.25, 0.3) is 0 Å². The van der Waals surface area contributed by atoms with Crippen molar-refractivity contribution in [1.82, 2.24) is 0 Å². The predicted octanol–water partition coefficient (Wildman–Crippen LogP) is 3.23. The Labute approximate surface area is 100.0 Å². The lowest BCUT2D eigenvalue weighted by Crippen LogP contribution is -1.97. The van der Waals surface area contributed by atoms with Crippen LogP contribution in [-0.2, 0) is 4.79 Å². The number of ether oxygens (including phenoxy) is 1. The average molecular weight is 243 g/mol. The molecule has 4 heteroatoms. The molecular formula is C12H15ClO3. The maximum atomic E-state index is 10.3. The van der Waals surface area contributed by atoms with Crippen molar-refractivity contribution in [3.05, 3.63) is 29.8 Å². The summed E-state index contributed by atoms with van der Waals surface area (Å²) >= 11 is 6.15. The van der Waals surface area contributed by atoms with Crippen LogP contribution in [0.2, 0.25) is 0 Å². The van der Waals surface area contributed by atoms with E-state index in [2.05, 4.69) is 0 Å². The topological polar surface area (TPSA) is 46.5 Å². The van der Waals surface area contributed by atoms with Crippen LogP contribution in [0.15, 0.2) is 24.3 Å². The molecule has 0 aliphatic carbocycles. The molecule has 0 radical (unpaired) electrons. The first-order valence-corrected chi connectivity index (χ1v) is 5.57. The number of alkyl halides is 1. The molecule has 0 aliphatic heterocycles. The van der Waals surface area contributed by atoms with Gasteiger partial charge in [-0.2, -0.15) is 0 Å². The fourth-order valence-corrected chi connectivity index (χ4v) is 1.71. The van der Waals surface area contributed by atoms with Crippen molar-refractivity contribution >= 4 is 17.6 Å². The molecule has 1 unspecified atom stereocenters. The van der Waals surface area contributed by atoms with Crippen molar-refractivity contribution in [2.45, 2.75) is 24.6 Å². The van der Waals surface area contributed by atoms with Crippen LogP contribution < -0.4 is 4.74 Å². The second-order valence-corrected chi connectivity index (χ2v) is 4.05. The van der Waals surface area contributed by atoms with Crippen molar-refractivity contribution in [3.63, 3.8) is 0 Å². The molecule has 1 N–H and O–H groups in total. The highest BCUT2D eigenvalue weighted by Gasteiger charge is 2.08. The van der Waals surface area contributed by atoms with E-state index in [4.69, 9.17) is 21.4 Å². The Morgan fingerprint density at radius 3 is 2.56 bits per heavy atom. The molecule has 88 valence electrons. The number of carbonyl (C=O) groups is 1. The number of aliphatic carboxylic acids is 1. The lowest BCUT2D eigenvalue weighted by Gasteiger charge is -2.09. The highest BCUT2D eigenvalue weighted by molar-refractivity contribution is 6.20. The molecule has 0 amide bonds. The molecule has 0 saturated heterocycles. The van der Waals surface area contributed by atoms with Gasteiger partial charge in [0.05, 0.1) is 12.5 Å². The van der Waals surface area contributed by atoms with E-state index in [1.165, 1.54) is 0 Å². The predicted molar refractivity (Wildman–Crippen MR) is 63.1 cm³/mol. The molecule has 1 atom stereocenters. The number of benzene rings is 1. The number of methoxy groups -OCH3 is 1. The smallest absolute Gasteiger partial charge is 0.303 e. The SMILES string of the molecule is COc1ccc(C(Cl)CCCC(=O)O)cc1. The zero-order valence-corrected chi connectivity index (χ0v) is 9.91. The summed E-state index contributed by atoms with van der Waals surface area (Å²) in [5.41, 5.74) is 0.993. The number of hydrogen-bond donors (Lipinski definition) is 1. The largest absolute Gasteiger partial charge is 0.497 e. The highest BCUT2D eigenvalue weighted by Crippen LogP contribution is 2.27. The maximum Gasteiger partial charge on any atom is 0.303 e. The number of rotatable bonds is 6. The monoisotopic (exact) mass is 242 g/mol. The highest BCUT2D eigenvalue weighted by atomic mass is 35.5. The number of hydrogen-bond acceptors (Lipinski definition) is 2. The minimum absolute atomic E-state index is 0.134. The Hall–Kier alpha value is -1.22. The van der Waals surface area contributed by atoms with Gasteiger partial charge in [0.25, 0.3) is 0 Å². The summed E-state index contributed by atoms with van der Waals surface area (Å²) in [6, 6.07) is 7.50. The van der Waals surface area contributed by atoms with Gasteiger partial charge in [-0.05, 0) is 30.5 Å². The van der Waals surface area contributed by atoms with Gasteiger partial charge in [0.1, 0.15) is 5.75 Å². The summed E-state index contributed by atoms with van der Waals surface area (Å²) < 4.78 is 5.04. The Morgan fingerprint density at radius 1 is 1.44 bits per heavy atom. The molecular weight excluding hydrogens is 228 g/mol. The van der Waals surface area contributed by atoms with Crippen LogP contribution in [0.3, 0.4) is 0 Å². The Bertz CT molecular complexity index is 335. The van der Waals surface area contributed by atoms with E-state index < -0.39 is 5.97 Å². The Balaban J connectivity index is 2.45. The molecule has 1 rings (SSSR count). The van der Waals surface area contributed by atoms with E-state index in [1.807, 2.05) is 24.3 Å². The van der Waals surface area contributed by atoms with Crippen molar-refractivity contribution in [3.8, 4) is 5.75 Å². The first-order valence-electron chi connectivity index (χ1n) is 5.13. The first kappa shape index (κ1) is 12.8. The first-order chi connectivity index (χ1) is 7.63. The van der Waals surface area contributed by atoms with Crippen molar-refractivity contribution in [2.75, 3.05) is 7.11 Å². The number of carboxylic acids is 1. The quantitative estimate of drug-likeness (QED) is 0.779. The molecule has 0 spiro atoms. The summed E-state index contributed by atoms with van der Waals surface area (Å²) in [5.74, 6) is 0.0109. The normalized spacial score (nSPS) is 12.1.